The molecule has 0 radical (unpaired) electrons. The number of nitro groups is 1. The van der Waals surface area contributed by atoms with Crippen LogP contribution in [0.5, 0.6) is 0 Å². The third kappa shape index (κ3) is 1.67. The minimum absolute atomic E-state index is 0.130. The van der Waals surface area contributed by atoms with Crippen molar-refractivity contribution in [2.75, 3.05) is 0 Å². The number of halogens is 2. The van der Waals surface area contributed by atoms with E-state index < -0.39 is 4.92 Å². The molecule has 12 heavy (non-hydrogen) atoms. The number of benzene rings is 1. The molecular formula is C7H5Br2NO2. The first-order valence-corrected chi connectivity index (χ1v) is 4.71. The molecule has 3 nitrogen and oxygen atoms in total. The van der Waals surface area contributed by atoms with E-state index in [1.807, 2.05) is 0 Å². The molecule has 0 spiro atoms. The van der Waals surface area contributed by atoms with Gasteiger partial charge in [-0.25, -0.2) is 0 Å². The van der Waals surface area contributed by atoms with Crippen LogP contribution in [0.3, 0.4) is 0 Å². The average molecular weight is 295 g/mol. The first-order chi connectivity index (χ1) is 5.54. The molecule has 0 aliphatic carbocycles. The Labute approximate surface area is 86.2 Å². The highest BCUT2D eigenvalue weighted by molar-refractivity contribution is 9.13. The zero-order valence-corrected chi connectivity index (χ0v) is 9.35. The van der Waals surface area contributed by atoms with Crippen LogP contribution < -0.4 is 0 Å². The summed E-state index contributed by atoms with van der Waals surface area (Å²) in [5.74, 6) is 0. The molecule has 5 heteroatoms. The second-order valence-electron chi connectivity index (χ2n) is 2.26. The van der Waals surface area contributed by atoms with Crippen molar-refractivity contribution >= 4 is 37.5 Å². The third-order valence-electron chi connectivity index (χ3n) is 1.51. The van der Waals surface area contributed by atoms with E-state index >= 15 is 0 Å². The van der Waals surface area contributed by atoms with Gasteiger partial charge in [0.2, 0.25) is 0 Å². The Morgan fingerprint density at radius 1 is 1.42 bits per heavy atom. The molecule has 1 rings (SSSR count). The number of nitrogens with zero attached hydrogens (tertiary/aromatic N) is 1. The summed E-state index contributed by atoms with van der Waals surface area (Å²) in [4.78, 5) is 10.1. The Hall–Kier alpha value is -0.420. The maximum absolute atomic E-state index is 10.5. The van der Waals surface area contributed by atoms with Gasteiger partial charge in [-0.15, -0.1) is 0 Å². The summed E-state index contributed by atoms with van der Waals surface area (Å²) >= 11 is 6.51. The van der Waals surface area contributed by atoms with E-state index in [0.29, 0.717) is 5.56 Å². The summed E-state index contributed by atoms with van der Waals surface area (Å²) in [5, 5.41) is 10.5. The molecule has 0 fully saturated rings. The van der Waals surface area contributed by atoms with E-state index in [2.05, 4.69) is 31.9 Å². The first kappa shape index (κ1) is 9.67. The molecule has 0 unspecified atom stereocenters. The first-order valence-electron chi connectivity index (χ1n) is 3.13. The molecule has 0 amide bonds. The number of rotatable bonds is 1. The van der Waals surface area contributed by atoms with E-state index in [0.717, 1.165) is 8.95 Å². The molecule has 0 aliphatic heterocycles. The highest BCUT2D eigenvalue weighted by atomic mass is 79.9. The van der Waals surface area contributed by atoms with Gasteiger partial charge in [-0.1, -0.05) is 0 Å². The van der Waals surface area contributed by atoms with Crippen molar-refractivity contribution in [3.8, 4) is 0 Å². The van der Waals surface area contributed by atoms with Crippen LogP contribution in [0.2, 0.25) is 0 Å². The molecule has 0 N–H and O–H groups in total. The highest BCUT2D eigenvalue weighted by Gasteiger charge is 2.13. The quantitative estimate of drug-likeness (QED) is 0.588. The van der Waals surface area contributed by atoms with Crippen LogP contribution in [-0.4, -0.2) is 4.92 Å². The molecule has 64 valence electrons. The molecule has 0 atom stereocenters. The fourth-order valence-corrected chi connectivity index (χ4v) is 1.60. The van der Waals surface area contributed by atoms with Gasteiger partial charge in [0.25, 0.3) is 5.69 Å². The molecule has 1 aromatic rings. The topological polar surface area (TPSA) is 43.1 Å². The van der Waals surface area contributed by atoms with Gasteiger partial charge >= 0.3 is 0 Å². The maximum atomic E-state index is 10.5. The molecule has 0 heterocycles. The van der Waals surface area contributed by atoms with Crippen LogP contribution in [0.15, 0.2) is 21.1 Å². The van der Waals surface area contributed by atoms with E-state index in [9.17, 15) is 10.1 Å². The third-order valence-corrected chi connectivity index (χ3v) is 3.72. The summed E-state index contributed by atoms with van der Waals surface area (Å²) < 4.78 is 1.56. The number of hydrogen-bond donors (Lipinski definition) is 0. The lowest BCUT2D eigenvalue weighted by molar-refractivity contribution is -0.385. The molecule has 0 aromatic heterocycles. The Morgan fingerprint density at radius 2 is 2.00 bits per heavy atom. The zero-order chi connectivity index (χ0) is 9.30. The lowest BCUT2D eigenvalue weighted by Gasteiger charge is -2.00. The fraction of sp³-hybridized carbons (Fsp3) is 0.143. The van der Waals surface area contributed by atoms with Crippen molar-refractivity contribution in [1.82, 2.24) is 0 Å². The molecule has 0 saturated carbocycles. The normalized spacial score (nSPS) is 9.92. The van der Waals surface area contributed by atoms with Crippen LogP contribution >= 0.6 is 31.9 Å². The van der Waals surface area contributed by atoms with Crippen molar-refractivity contribution in [2.24, 2.45) is 0 Å². The second-order valence-corrected chi connectivity index (χ2v) is 3.91. The monoisotopic (exact) mass is 293 g/mol. The summed E-state index contributed by atoms with van der Waals surface area (Å²) in [6.07, 6.45) is 0. The van der Waals surface area contributed by atoms with E-state index in [1.54, 1.807) is 13.0 Å². The lowest BCUT2D eigenvalue weighted by Crippen LogP contribution is -1.92. The molecule has 1 aromatic carbocycles. The van der Waals surface area contributed by atoms with Gasteiger partial charge in [-0.2, -0.15) is 0 Å². The van der Waals surface area contributed by atoms with Crippen molar-refractivity contribution < 1.29 is 4.92 Å². The molecule has 0 aliphatic rings. The SMILES string of the molecule is Cc1c([N+](=O)[O-])ccc(Br)c1Br. The van der Waals surface area contributed by atoms with Crippen molar-refractivity contribution in [3.05, 3.63) is 36.8 Å². The highest BCUT2D eigenvalue weighted by Crippen LogP contribution is 2.32. The van der Waals surface area contributed by atoms with Gasteiger partial charge in [0.05, 0.1) is 4.92 Å². The molecule has 0 saturated heterocycles. The Bertz CT molecular complexity index is 338. The summed E-state index contributed by atoms with van der Waals surface area (Å²) in [6, 6.07) is 3.12. The van der Waals surface area contributed by atoms with Crippen LogP contribution in [0, 0.1) is 17.0 Å². The summed E-state index contributed by atoms with van der Waals surface area (Å²) in [7, 11) is 0. The zero-order valence-electron chi connectivity index (χ0n) is 6.17. The Morgan fingerprint density at radius 3 is 2.50 bits per heavy atom. The van der Waals surface area contributed by atoms with E-state index in [4.69, 9.17) is 0 Å². The number of hydrogen-bond acceptors (Lipinski definition) is 2. The van der Waals surface area contributed by atoms with Crippen LogP contribution in [0.25, 0.3) is 0 Å². The van der Waals surface area contributed by atoms with Gasteiger partial charge in [-0.3, -0.25) is 10.1 Å². The average Bonchev–Trinajstić information content (AvgIpc) is 2.00. The van der Waals surface area contributed by atoms with Crippen molar-refractivity contribution in [3.63, 3.8) is 0 Å². The van der Waals surface area contributed by atoms with Crippen LogP contribution in [0.1, 0.15) is 5.56 Å². The standard InChI is InChI=1S/C7H5Br2NO2/c1-4-6(10(11)12)3-2-5(8)7(4)9/h2-3H,1H3. The minimum atomic E-state index is -0.396. The van der Waals surface area contributed by atoms with Gasteiger partial charge in [-0.05, 0) is 44.8 Å². The van der Waals surface area contributed by atoms with Gasteiger partial charge in [0, 0.05) is 20.6 Å². The largest absolute Gasteiger partial charge is 0.273 e. The Kier molecular flexibility index (Phi) is 2.85. The van der Waals surface area contributed by atoms with Crippen LogP contribution in [0.4, 0.5) is 5.69 Å². The summed E-state index contributed by atoms with van der Waals surface area (Å²) in [6.45, 7) is 1.70. The minimum Gasteiger partial charge on any atom is -0.258 e. The van der Waals surface area contributed by atoms with Crippen molar-refractivity contribution in [2.45, 2.75) is 6.92 Å². The molecule has 0 bridgehead atoms. The smallest absolute Gasteiger partial charge is 0.258 e. The van der Waals surface area contributed by atoms with E-state index in [1.165, 1.54) is 6.07 Å². The Balaban J connectivity index is 3.36. The fourth-order valence-electron chi connectivity index (χ4n) is 0.840. The summed E-state index contributed by atoms with van der Waals surface area (Å²) in [5.41, 5.74) is 0.763. The second kappa shape index (κ2) is 3.53. The predicted molar refractivity (Wildman–Crippen MR) is 53.2 cm³/mol. The van der Waals surface area contributed by atoms with Gasteiger partial charge in [0.1, 0.15) is 0 Å². The van der Waals surface area contributed by atoms with Gasteiger partial charge in [0.15, 0.2) is 0 Å². The maximum Gasteiger partial charge on any atom is 0.273 e. The lowest BCUT2D eigenvalue weighted by atomic mass is 10.2. The van der Waals surface area contributed by atoms with Gasteiger partial charge < -0.3 is 0 Å². The predicted octanol–water partition coefficient (Wildman–Crippen LogP) is 3.43. The van der Waals surface area contributed by atoms with Crippen LogP contribution in [-0.2, 0) is 0 Å². The van der Waals surface area contributed by atoms with Crippen molar-refractivity contribution in [1.29, 1.82) is 0 Å². The molecular weight excluding hydrogens is 290 g/mol. The van der Waals surface area contributed by atoms with E-state index in [-0.39, 0.29) is 5.69 Å². The number of nitro benzene ring substituents is 1.